The number of allylic oxidation sites excluding steroid dienone is 4. The van der Waals surface area contributed by atoms with Crippen LogP contribution in [0.3, 0.4) is 0 Å². The van der Waals surface area contributed by atoms with Crippen LogP contribution in [0.15, 0.2) is 23.2 Å². The van der Waals surface area contributed by atoms with Crippen LogP contribution in [0.5, 0.6) is 0 Å². The Kier molecular flexibility index (Phi) is 4.71. The summed E-state index contributed by atoms with van der Waals surface area (Å²) in [5, 5.41) is 9.39. The smallest absolute Gasteiger partial charge is 0.160 e. The molecule has 0 bridgehead atoms. The van der Waals surface area contributed by atoms with Crippen LogP contribution >= 0.6 is 0 Å². The van der Waals surface area contributed by atoms with E-state index in [0.717, 1.165) is 24.2 Å². The fraction of sp³-hybridized carbons (Fsp3) is 0.789. The van der Waals surface area contributed by atoms with Crippen LogP contribution in [0.4, 0.5) is 4.39 Å². The maximum atomic E-state index is 13.5. The molecule has 0 atom stereocenters. The summed E-state index contributed by atoms with van der Waals surface area (Å²) in [5.74, 6) is 2.95. The molecule has 1 nitrogen and oxygen atoms in total. The largest absolute Gasteiger partial charge is 0.509 e. The van der Waals surface area contributed by atoms with E-state index in [1.165, 1.54) is 56.9 Å². The van der Waals surface area contributed by atoms with E-state index in [9.17, 15) is 9.50 Å². The van der Waals surface area contributed by atoms with E-state index in [4.69, 9.17) is 0 Å². The molecule has 2 saturated carbocycles. The molecular formula is C19H29FO. The highest BCUT2D eigenvalue weighted by Gasteiger charge is 2.31. The molecule has 118 valence electrons. The van der Waals surface area contributed by atoms with Crippen LogP contribution in [0.1, 0.15) is 71.1 Å². The summed E-state index contributed by atoms with van der Waals surface area (Å²) in [6.07, 6.45) is 13.8. The van der Waals surface area contributed by atoms with Gasteiger partial charge in [-0.25, -0.2) is 4.39 Å². The third-order valence-corrected chi connectivity index (χ3v) is 6.26. The van der Waals surface area contributed by atoms with E-state index in [1.807, 2.05) is 0 Å². The molecule has 0 aromatic heterocycles. The molecule has 0 radical (unpaired) electrons. The van der Waals surface area contributed by atoms with Crippen molar-refractivity contribution in [3.63, 3.8) is 0 Å². The van der Waals surface area contributed by atoms with E-state index in [1.54, 1.807) is 6.08 Å². The number of rotatable bonds is 2. The summed E-state index contributed by atoms with van der Waals surface area (Å²) < 4.78 is 13.5. The van der Waals surface area contributed by atoms with E-state index < -0.39 is 0 Å². The van der Waals surface area contributed by atoms with Crippen molar-refractivity contribution in [3.05, 3.63) is 23.2 Å². The third-order valence-electron chi connectivity index (χ3n) is 6.26. The summed E-state index contributed by atoms with van der Waals surface area (Å²) in [5.41, 5.74) is 1.25. The molecule has 1 N–H and O–H groups in total. The molecule has 0 saturated heterocycles. The Morgan fingerprint density at radius 3 is 2.05 bits per heavy atom. The normalized spacial score (nSPS) is 38.3. The lowest BCUT2D eigenvalue weighted by atomic mass is 9.68. The Morgan fingerprint density at radius 1 is 0.905 bits per heavy atom. The predicted molar refractivity (Wildman–Crippen MR) is 84.6 cm³/mol. The SMILES string of the molecule is CC1CCC(C2CCC(C3=CC(F)=C(O)CC3)CC2)CC1. The second-order valence-electron chi connectivity index (χ2n) is 7.65. The number of hydrogen-bond acceptors (Lipinski definition) is 1. The molecule has 21 heavy (non-hydrogen) atoms. The maximum Gasteiger partial charge on any atom is 0.160 e. The first-order chi connectivity index (χ1) is 10.1. The van der Waals surface area contributed by atoms with Gasteiger partial charge in [0.2, 0.25) is 0 Å². The van der Waals surface area contributed by atoms with Crippen LogP contribution in [0.25, 0.3) is 0 Å². The van der Waals surface area contributed by atoms with Gasteiger partial charge >= 0.3 is 0 Å². The van der Waals surface area contributed by atoms with Crippen molar-refractivity contribution in [1.82, 2.24) is 0 Å². The van der Waals surface area contributed by atoms with Crippen molar-refractivity contribution in [2.75, 3.05) is 0 Å². The van der Waals surface area contributed by atoms with E-state index in [-0.39, 0.29) is 11.6 Å². The fourth-order valence-electron chi connectivity index (χ4n) is 4.74. The van der Waals surface area contributed by atoms with Gasteiger partial charge in [0, 0.05) is 6.42 Å². The average Bonchev–Trinajstić information content (AvgIpc) is 2.51. The van der Waals surface area contributed by atoms with Crippen molar-refractivity contribution in [1.29, 1.82) is 0 Å². The van der Waals surface area contributed by atoms with Crippen molar-refractivity contribution < 1.29 is 9.50 Å². The van der Waals surface area contributed by atoms with E-state index >= 15 is 0 Å². The molecule has 0 aromatic carbocycles. The molecule has 2 fully saturated rings. The molecule has 0 aliphatic heterocycles. The number of hydrogen-bond donors (Lipinski definition) is 1. The third kappa shape index (κ3) is 3.52. The van der Waals surface area contributed by atoms with Gasteiger partial charge in [-0.1, -0.05) is 25.3 Å². The highest BCUT2D eigenvalue weighted by molar-refractivity contribution is 5.27. The van der Waals surface area contributed by atoms with Gasteiger partial charge in [-0.3, -0.25) is 0 Å². The van der Waals surface area contributed by atoms with E-state index in [2.05, 4.69) is 6.92 Å². The molecule has 0 aromatic rings. The predicted octanol–water partition coefficient (Wildman–Crippen LogP) is 6.08. The molecule has 2 heteroatoms. The van der Waals surface area contributed by atoms with Crippen molar-refractivity contribution >= 4 is 0 Å². The lowest BCUT2D eigenvalue weighted by molar-refractivity contribution is 0.157. The molecule has 0 heterocycles. The molecule has 0 amide bonds. The van der Waals surface area contributed by atoms with Gasteiger partial charge in [0.1, 0.15) is 5.76 Å². The van der Waals surface area contributed by atoms with Crippen LogP contribution < -0.4 is 0 Å². The number of aliphatic hydroxyl groups excluding tert-OH is 1. The molecule has 3 aliphatic rings. The van der Waals surface area contributed by atoms with Crippen molar-refractivity contribution in [2.45, 2.75) is 71.1 Å². The number of halogens is 1. The first-order valence-corrected chi connectivity index (χ1v) is 8.91. The van der Waals surface area contributed by atoms with Crippen molar-refractivity contribution in [2.24, 2.45) is 23.7 Å². The zero-order valence-electron chi connectivity index (χ0n) is 13.3. The summed E-state index contributed by atoms with van der Waals surface area (Å²) in [6.45, 7) is 2.39. The molecule has 3 aliphatic carbocycles. The Balaban J connectivity index is 1.53. The van der Waals surface area contributed by atoms with Gasteiger partial charge in [0.15, 0.2) is 5.83 Å². The van der Waals surface area contributed by atoms with E-state index in [0.29, 0.717) is 12.3 Å². The average molecular weight is 292 g/mol. The minimum absolute atomic E-state index is 0.0521. The summed E-state index contributed by atoms with van der Waals surface area (Å²) >= 11 is 0. The molecular weight excluding hydrogens is 263 g/mol. The molecule has 0 unspecified atom stereocenters. The van der Waals surface area contributed by atoms with Gasteiger partial charge in [-0.2, -0.15) is 0 Å². The van der Waals surface area contributed by atoms with Crippen LogP contribution in [-0.2, 0) is 0 Å². The maximum absolute atomic E-state index is 13.5. The van der Waals surface area contributed by atoms with Gasteiger partial charge in [0.25, 0.3) is 0 Å². The van der Waals surface area contributed by atoms with Gasteiger partial charge in [0.05, 0.1) is 0 Å². The van der Waals surface area contributed by atoms with Crippen LogP contribution in [0, 0.1) is 23.7 Å². The standard InChI is InChI=1S/C19H29FO/c1-13-2-4-14(5-3-13)15-6-8-16(9-7-15)17-10-11-19(21)18(20)12-17/h12-16,21H,2-11H2,1H3. The lowest BCUT2D eigenvalue weighted by Crippen LogP contribution is -2.26. The molecule has 0 spiro atoms. The zero-order chi connectivity index (χ0) is 14.8. The fourth-order valence-corrected chi connectivity index (χ4v) is 4.74. The van der Waals surface area contributed by atoms with Gasteiger partial charge in [-0.15, -0.1) is 0 Å². The Bertz CT molecular complexity index is 421. The highest BCUT2D eigenvalue weighted by Crippen LogP contribution is 2.44. The second-order valence-corrected chi connectivity index (χ2v) is 7.65. The number of aliphatic hydroxyl groups is 1. The summed E-state index contributed by atoms with van der Waals surface area (Å²) in [6, 6.07) is 0. The Morgan fingerprint density at radius 2 is 1.48 bits per heavy atom. The van der Waals surface area contributed by atoms with Crippen LogP contribution in [-0.4, -0.2) is 5.11 Å². The molecule has 3 rings (SSSR count). The highest BCUT2D eigenvalue weighted by atomic mass is 19.1. The quantitative estimate of drug-likeness (QED) is 0.654. The minimum atomic E-state index is -0.389. The Hall–Kier alpha value is -0.790. The van der Waals surface area contributed by atoms with Crippen LogP contribution in [0.2, 0.25) is 0 Å². The summed E-state index contributed by atoms with van der Waals surface area (Å²) in [4.78, 5) is 0. The van der Waals surface area contributed by atoms with Gasteiger partial charge in [-0.05, 0) is 74.7 Å². The topological polar surface area (TPSA) is 20.2 Å². The lowest BCUT2D eigenvalue weighted by Gasteiger charge is -2.38. The first-order valence-electron chi connectivity index (χ1n) is 8.91. The minimum Gasteiger partial charge on any atom is -0.509 e. The summed E-state index contributed by atoms with van der Waals surface area (Å²) in [7, 11) is 0. The van der Waals surface area contributed by atoms with Crippen molar-refractivity contribution in [3.8, 4) is 0 Å². The Labute approximate surface area is 128 Å². The van der Waals surface area contributed by atoms with Gasteiger partial charge < -0.3 is 5.11 Å². The monoisotopic (exact) mass is 292 g/mol. The second kappa shape index (κ2) is 6.54. The zero-order valence-corrected chi connectivity index (χ0v) is 13.3. The first kappa shape index (κ1) is 15.1.